The van der Waals surface area contributed by atoms with Crippen LogP contribution in [0, 0.1) is 6.92 Å². The third-order valence-corrected chi connectivity index (χ3v) is 8.17. The van der Waals surface area contributed by atoms with Crippen LogP contribution in [-0.2, 0) is 32.5 Å². The van der Waals surface area contributed by atoms with Gasteiger partial charge in [-0.25, -0.2) is 13.4 Å². The highest BCUT2D eigenvalue weighted by Crippen LogP contribution is 2.26. The van der Waals surface area contributed by atoms with Gasteiger partial charge in [0.1, 0.15) is 5.82 Å². The van der Waals surface area contributed by atoms with Crippen LogP contribution in [0.25, 0.3) is 0 Å². The van der Waals surface area contributed by atoms with Crippen LogP contribution in [0.15, 0.2) is 41.3 Å². The van der Waals surface area contributed by atoms with E-state index in [0.29, 0.717) is 23.8 Å². The Labute approximate surface area is 200 Å². The van der Waals surface area contributed by atoms with Crippen molar-refractivity contribution < 1.29 is 18.0 Å². The maximum atomic E-state index is 13.1. The largest absolute Gasteiger partial charge is 0.339 e. The molecule has 0 unspecified atom stereocenters. The Kier molecular flexibility index (Phi) is 7.30. The van der Waals surface area contributed by atoms with Gasteiger partial charge in [-0.3, -0.25) is 14.5 Å². The van der Waals surface area contributed by atoms with Crippen LogP contribution in [0.5, 0.6) is 0 Å². The van der Waals surface area contributed by atoms with Gasteiger partial charge in [-0.15, -0.1) is 0 Å². The maximum Gasteiger partial charge on any atom is 0.243 e. The monoisotopic (exact) mass is 485 g/mol. The lowest BCUT2D eigenvalue weighted by molar-refractivity contribution is -0.133. The van der Waals surface area contributed by atoms with E-state index >= 15 is 0 Å². The molecule has 0 radical (unpaired) electrons. The molecule has 34 heavy (non-hydrogen) atoms. The smallest absolute Gasteiger partial charge is 0.243 e. The van der Waals surface area contributed by atoms with Crippen LogP contribution in [0.4, 0.5) is 5.82 Å². The molecule has 1 fully saturated rings. The predicted molar refractivity (Wildman–Crippen MR) is 129 cm³/mol. The van der Waals surface area contributed by atoms with Crippen molar-refractivity contribution in [3.8, 4) is 0 Å². The summed E-state index contributed by atoms with van der Waals surface area (Å²) in [5.41, 5.74) is 3.17. The number of likely N-dealkylation sites (N-methyl/N-ethyl adjacent to an activating group) is 1. The van der Waals surface area contributed by atoms with E-state index in [1.54, 1.807) is 29.0 Å². The summed E-state index contributed by atoms with van der Waals surface area (Å²) in [7, 11) is -1.87. The first-order chi connectivity index (χ1) is 16.2. The van der Waals surface area contributed by atoms with E-state index in [4.69, 9.17) is 0 Å². The van der Waals surface area contributed by atoms with E-state index in [1.807, 2.05) is 31.2 Å². The molecule has 1 saturated heterocycles. The number of piperazine rings is 1. The molecule has 0 atom stereocenters. The average Bonchev–Trinajstić information content (AvgIpc) is 3.27. The number of sulfonamides is 1. The fourth-order valence-electron chi connectivity index (χ4n) is 4.46. The third-order valence-electron chi connectivity index (χ3n) is 6.27. The highest BCUT2D eigenvalue weighted by molar-refractivity contribution is 7.89. The first-order valence-corrected chi connectivity index (χ1v) is 13.0. The number of nitrogens with one attached hydrogen (secondary N) is 1. The summed E-state index contributed by atoms with van der Waals surface area (Å²) in [6.45, 7) is 3.15. The highest BCUT2D eigenvalue weighted by atomic mass is 32.2. The molecule has 1 N–H and O–H groups in total. The van der Waals surface area contributed by atoms with Gasteiger partial charge in [-0.1, -0.05) is 12.1 Å². The molecule has 2 heterocycles. The first-order valence-electron chi connectivity index (χ1n) is 11.5. The zero-order valence-corrected chi connectivity index (χ0v) is 20.5. The van der Waals surface area contributed by atoms with E-state index in [0.717, 1.165) is 30.5 Å². The molecule has 0 saturated carbocycles. The Morgan fingerprint density at radius 2 is 1.76 bits per heavy atom. The number of carbonyl (C=O) groups is 2. The lowest BCUT2D eigenvalue weighted by Gasteiger charge is -2.34. The van der Waals surface area contributed by atoms with Crippen LogP contribution >= 0.6 is 0 Å². The summed E-state index contributed by atoms with van der Waals surface area (Å²) in [4.78, 5) is 32.9. The molecule has 0 spiro atoms. The average molecular weight is 486 g/mol. The molecule has 2 aromatic rings. The Morgan fingerprint density at radius 1 is 1.03 bits per heavy atom. The van der Waals surface area contributed by atoms with Gasteiger partial charge in [0.2, 0.25) is 21.8 Å². The number of hydrogen-bond donors (Lipinski definition) is 1. The second kappa shape index (κ2) is 10.2. The molecule has 10 heteroatoms. The van der Waals surface area contributed by atoms with Gasteiger partial charge < -0.3 is 10.2 Å². The van der Waals surface area contributed by atoms with Crippen molar-refractivity contribution in [3.63, 3.8) is 0 Å². The van der Waals surface area contributed by atoms with Gasteiger partial charge in [-0.05, 0) is 68.6 Å². The van der Waals surface area contributed by atoms with Crippen molar-refractivity contribution in [3.05, 3.63) is 53.2 Å². The van der Waals surface area contributed by atoms with E-state index < -0.39 is 10.0 Å². The number of amides is 2. The van der Waals surface area contributed by atoms with Crippen LogP contribution < -0.4 is 5.32 Å². The second-order valence-electron chi connectivity index (χ2n) is 8.95. The predicted octanol–water partition coefficient (Wildman–Crippen LogP) is 1.28. The minimum atomic E-state index is -3.58. The fraction of sp³-hybridized carbons (Fsp3) is 0.458. The van der Waals surface area contributed by atoms with Gasteiger partial charge in [-0.2, -0.15) is 4.31 Å². The van der Waals surface area contributed by atoms with Crippen LogP contribution in [0.3, 0.4) is 0 Å². The van der Waals surface area contributed by atoms with Crippen LogP contribution in [0.1, 0.15) is 23.2 Å². The number of aryl methyl sites for hydroxylation is 3. The van der Waals surface area contributed by atoms with Gasteiger partial charge in [0, 0.05) is 31.9 Å². The molecule has 1 aliphatic heterocycles. The minimum absolute atomic E-state index is 0.0496. The third kappa shape index (κ3) is 5.63. The number of carbonyl (C=O) groups excluding carboxylic acids is 2. The quantitative estimate of drug-likeness (QED) is 0.634. The number of rotatable bonds is 7. The number of nitrogens with zero attached hydrogens (tertiary/aromatic N) is 4. The van der Waals surface area contributed by atoms with Gasteiger partial charge in [0.25, 0.3) is 0 Å². The van der Waals surface area contributed by atoms with Gasteiger partial charge >= 0.3 is 0 Å². The van der Waals surface area contributed by atoms with Gasteiger partial charge in [0.05, 0.1) is 18.0 Å². The molecule has 0 bridgehead atoms. The number of hydrogen-bond acceptors (Lipinski definition) is 6. The van der Waals surface area contributed by atoms with Crippen LogP contribution in [0.2, 0.25) is 0 Å². The standard InChI is InChI=1S/C24H31N5O4S/c1-18-5-3-8-22(25-18)26-23(30)16-27(2)17-24(31)28-11-13-29(14-12-28)34(32,33)21-10-9-19-6-4-7-20(19)15-21/h3,5,8-10,15H,4,6-7,11-14,16-17H2,1-2H3,(H,25,26,30). The number of fused-ring (bicyclic) bond motifs is 1. The van der Waals surface area contributed by atoms with Gasteiger partial charge in [0.15, 0.2) is 0 Å². The molecule has 1 aromatic heterocycles. The first kappa shape index (κ1) is 24.3. The molecule has 182 valence electrons. The van der Waals surface area contributed by atoms with E-state index in [9.17, 15) is 18.0 Å². The summed E-state index contributed by atoms with van der Waals surface area (Å²) >= 11 is 0. The van der Waals surface area contributed by atoms with Crippen molar-refractivity contribution in [2.45, 2.75) is 31.1 Å². The summed E-state index contributed by atoms with van der Waals surface area (Å²) in [6, 6.07) is 10.8. The molecule has 9 nitrogen and oxygen atoms in total. The van der Waals surface area contributed by atoms with Crippen molar-refractivity contribution in [2.75, 3.05) is 51.6 Å². The van der Waals surface area contributed by atoms with Crippen molar-refractivity contribution >= 4 is 27.7 Å². The number of aromatic nitrogens is 1. The number of anilines is 1. The Hall–Kier alpha value is -2.82. The fourth-order valence-corrected chi connectivity index (χ4v) is 5.94. The highest BCUT2D eigenvalue weighted by Gasteiger charge is 2.31. The number of benzene rings is 1. The van der Waals surface area contributed by atoms with E-state index in [-0.39, 0.29) is 38.0 Å². The molecule has 4 rings (SSSR count). The lowest BCUT2D eigenvalue weighted by Crippen LogP contribution is -2.52. The SMILES string of the molecule is Cc1cccc(NC(=O)CN(C)CC(=O)N2CCN(S(=O)(=O)c3ccc4c(c3)CCC4)CC2)n1. The van der Waals surface area contributed by atoms with Crippen molar-refractivity contribution in [1.29, 1.82) is 0 Å². The normalized spacial score (nSPS) is 16.5. The van der Waals surface area contributed by atoms with Crippen molar-refractivity contribution in [1.82, 2.24) is 19.1 Å². The Balaban J connectivity index is 1.26. The topological polar surface area (TPSA) is 103 Å². The van der Waals surface area contributed by atoms with Crippen LogP contribution in [-0.4, -0.2) is 85.6 Å². The zero-order valence-electron chi connectivity index (χ0n) is 19.7. The Morgan fingerprint density at radius 3 is 2.50 bits per heavy atom. The van der Waals surface area contributed by atoms with E-state index in [1.165, 1.54) is 9.87 Å². The zero-order chi connectivity index (χ0) is 24.3. The minimum Gasteiger partial charge on any atom is -0.339 e. The molecule has 2 aliphatic rings. The van der Waals surface area contributed by atoms with Crippen molar-refractivity contribution in [2.24, 2.45) is 0 Å². The summed E-state index contributed by atoms with van der Waals surface area (Å²) in [5, 5.41) is 2.73. The molecule has 2 amide bonds. The number of pyridine rings is 1. The second-order valence-corrected chi connectivity index (χ2v) is 10.9. The van der Waals surface area contributed by atoms with E-state index in [2.05, 4.69) is 10.3 Å². The Bertz CT molecular complexity index is 1180. The molecular weight excluding hydrogens is 454 g/mol. The molecule has 1 aromatic carbocycles. The maximum absolute atomic E-state index is 13.1. The summed E-state index contributed by atoms with van der Waals surface area (Å²) in [6.07, 6.45) is 3.00. The summed E-state index contributed by atoms with van der Waals surface area (Å²) < 4.78 is 27.7. The summed E-state index contributed by atoms with van der Waals surface area (Å²) in [5.74, 6) is 0.0997. The lowest BCUT2D eigenvalue weighted by atomic mass is 10.1. The molecule has 1 aliphatic carbocycles. The molecular formula is C24H31N5O4S.